The lowest BCUT2D eigenvalue weighted by molar-refractivity contribution is 0.101. The Morgan fingerprint density at radius 3 is 2.57 bits per heavy atom. The molecule has 2 unspecified atom stereocenters. The fourth-order valence-corrected chi connectivity index (χ4v) is 3.52. The first kappa shape index (κ1) is 16.0. The average molecular weight is 311 g/mol. The number of benzene rings is 1. The zero-order chi connectivity index (χ0) is 15.6. The van der Waals surface area contributed by atoms with Crippen LogP contribution in [0.2, 0.25) is 0 Å². The monoisotopic (exact) mass is 311 g/mol. The summed E-state index contributed by atoms with van der Waals surface area (Å²) in [5, 5.41) is 3.26. The molecule has 1 N–H and O–H groups in total. The number of hydrogen-bond donors (Lipinski definition) is 1. The van der Waals surface area contributed by atoms with Gasteiger partial charge in [-0.1, -0.05) is 0 Å². The Balaban J connectivity index is 2.31. The summed E-state index contributed by atoms with van der Waals surface area (Å²) in [6.45, 7) is 1.47. The van der Waals surface area contributed by atoms with Gasteiger partial charge in [-0.2, -0.15) is 0 Å². The van der Waals surface area contributed by atoms with Crippen molar-refractivity contribution in [3.8, 4) is 0 Å². The fraction of sp³-hybridized carbons (Fsp3) is 0.533. The van der Waals surface area contributed by atoms with E-state index in [9.17, 15) is 13.2 Å². The standard InChI is InChI=1S/C15H21NO4S/c1-10(17)11-4-7-15(21(3,18)19)14(8-11)16-12-5-6-13(9-12)20-2/h4,7-8,12-13,16H,5-6,9H2,1-3H3. The number of Topliss-reactive ketones (excluding diaryl/α,β-unsaturated/α-hetero) is 1. The maximum Gasteiger partial charge on any atom is 0.177 e. The summed E-state index contributed by atoms with van der Waals surface area (Å²) in [4.78, 5) is 11.7. The zero-order valence-electron chi connectivity index (χ0n) is 12.5. The van der Waals surface area contributed by atoms with Crippen molar-refractivity contribution in [3.05, 3.63) is 23.8 Å². The Morgan fingerprint density at radius 2 is 2.05 bits per heavy atom. The quantitative estimate of drug-likeness (QED) is 0.845. The molecule has 6 heteroatoms. The van der Waals surface area contributed by atoms with Crippen LogP contribution >= 0.6 is 0 Å². The topological polar surface area (TPSA) is 72.5 Å². The van der Waals surface area contributed by atoms with Crippen LogP contribution in [0.4, 0.5) is 5.69 Å². The molecule has 0 aromatic heterocycles. The maximum atomic E-state index is 11.9. The van der Waals surface area contributed by atoms with Crippen LogP contribution in [-0.2, 0) is 14.6 Å². The number of sulfone groups is 1. The second-order valence-corrected chi connectivity index (χ2v) is 7.54. The van der Waals surface area contributed by atoms with E-state index in [0.717, 1.165) is 19.3 Å². The van der Waals surface area contributed by atoms with Crippen LogP contribution in [-0.4, -0.2) is 39.7 Å². The number of anilines is 1. The molecule has 0 aliphatic heterocycles. The Morgan fingerprint density at radius 1 is 1.33 bits per heavy atom. The lowest BCUT2D eigenvalue weighted by atomic mass is 10.1. The summed E-state index contributed by atoms with van der Waals surface area (Å²) in [6, 6.07) is 4.84. The Hall–Kier alpha value is -1.40. The molecule has 1 aliphatic carbocycles. The van der Waals surface area contributed by atoms with Crippen molar-refractivity contribution in [2.75, 3.05) is 18.7 Å². The molecule has 5 nitrogen and oxygen atoms in total. The summed E-state index contributed by atoms with van der Waals surface area (Å²) < 4.78 is 29.1. The van der Waals surface area contributed by atoms with Crippen LogP contribution in [0.15, 0.2) is 23.1 Å². The van der Waals surface area contributed by atoms with E-state index >= 15 is 0 Å². The normalized spacial score (nSPS) is 22.2. The predicted octanol–water partition coefficient (Wildman–Crippen LogP) is 2.27. The number of hydrogen-bond acceptors (Lipinski definition) is 5. The lowest BCUT2D eigenvalue weighted by Gasteiger charge is -2.17. The summed E-state index contributed by atoms with van der Waals surface area (Å²) in [7, 11) is -1.66. The first-order chi connectivity index (χ1) is 9.81. The molecule has 1 aromatic carbocycles. The van der Waals surface area contributed by atoms with Crippen molar-refractivity contribution in [3.63, 3.8) is 0 Å². The Kier molecular flexibility index (Phi) is 4.68. The zero-order valence-corrected chi connectivity index (χ0v) is 13.4. The van der Waals surface area contributed by atoms with Gasteiger partial charge in [-0.25, -0.2) is 8.42 Å². The summed E-state index contributed by atoms with van der Waals surface area (Å²) in [5.74, 6) is -0.0840. The minimum atomic E-state index is -3.34. The molecule has 1 saturated carbocycles. The summed E-state index contributed by atoms with van der Waals surface area (Å²) in [6.07, 6.45) is 4.10. The number of ether oxygens (including phenoxy) is 1. The van der Waals surface area contributed by atoms with Crippen molar-refractivity contribution in [1.29, 1.82) is 0 Å². The van der Waals surface area contributed by atoms with E-state index in [1.165, 1.54) is 19.2 Å². The summed E-state index contributed by atoms with van der Waals surface area (Å²) in [5.41, 5.74) is 1.01. The van der Waals surface area contributed by atoms with Gasteiger partial charge in [-0.15, -0.1) is 0 Å². The lowest BCUT2D eigenvalue weighted by Crippen LogP contribution is -2.19. The van der Waals surface area contributed by atoms with Gasteiger partial charge >= 0.3 is 0 Å². The Bertz CT molecular complexity index is 639. The van der Waals surface area contributed by atoms with Crippen molar-refractivity contribution >= 4 is 21.3 Å². The third-order valence-corrected chi connectivity index (χ3v) is 5.02. The second-order valence-electron chi connectivity index (χ2n) is 5.55. The molecule has 0 amide bonds. The van der Waals surface area contributed by atoms with Crippen LogP contribution in [0.5, 0.6) is 0 Å². The van der Waals surface area contributed by atoms with Gasteiger partial charge in [0.25, 0.3) is 0 Å². The van der Waals surface area contributed by atoms with Gasteiger partial charge in [-0.05, 0) is 44.4 Å². The highest BCUT2D eigenvalue weighted by Crippen LogP contribution is 2.29. The molecule has 1 aliphatic rings. The molecular weight excluding hydrogens is 290 g/mol. The second kappa shape index (κ2) is 6.15. The van der Waals surface area contributed by atoms with Crippen LogP contribution in [0.1, 0.15) is 36.5 Å². The molecule has 1 aromatic rings. The molecule has 0 saturated heterocycles. The van der Waals surface area contributed by atoms with Gasteiger partial charge in [0, 0.05) is 25.0 Å². The SMILES string of the molecule is COC1CCC(Nc2cc(C(C)=O)ccc2S(C)(=O)=O)C1. The van der Waals surface area contributed by atoms with E-state index in [2.05, 4.69) is 5.32 Å². The van der Waals surface area contributed by atoms with E-state index in [0.29, 0.717) is 11.3 Å². The van der Waals surface area contributed by atoms with Gasteiger partial charge in [0.1, 0.15) is 0 Å². The molecule has 1 fully saturated rings. The van der Waals surface area contributed by atoms with Crippen molar-refractivity contribution < 1.29 is 17.9 Å². The third-order valence-electron chi connectivity index (χ3n) is 3.86. The van der Waals surface area contributed by atoms with E-state index in [1.54, 1.807) is 19.2 Å². The molecule has 0 bridgehead atoms. The number of ketones is 1. The Labute approximate surface area is 125 Å². The number of carbonyl (C=O) groups excluding carboxylic acids is 1. The van der Waals surface area contributed by atoms with E-state index in [4.69, 9.17) is 4.74 Å². The third kappa shape index (κ3) is 3.83. The van der Waals surface area contributed by atoms with E-state index < -0.39 is 9.84 Å². The number of methoxy groups -OCH3 is 1. The highest BCUT2D eigenvalue weighted by atomic mass is 32.2. The average Bonchev–Trinajstić information content (AvgIpc) is 2.85. The van der Waals surface area contributed by atoms with Gasteiger partial charge in [0.05, 0.1) is 16.7 Å². The molecule has 0 radical (unpaired) electrons. The van der Waals surface area contributed by atoms with E-state index in [1.807, 2.05) is 0 Å². The van der Waals surface area contributed by atoms with Crippen LogP contribution < -0.4 is 5.32 Å². The molecular formula is C15H21NO4S. The molecule has 0 spiro atoms. The molecule has 116 valence electrons. The number of carbonyl (C=O) groups is 1. The van der Waals surface area contributed by atoms with E-state index in [-0.39, 0.29) is 22.8 Å². The van der Waals surface area contributed by atoms with Crippen LogP contribution in [0.25, 0.3) is 0 Å². The van der Waals surface area contributed by atoms with Gasteiger partial charge in [0.15, 0.2) is 15.6 Å². The fourth-order valence-electron chi connectivity index (χ4n) is 2.69. The van der Waals surface area contributed by atoms with Gasteiger partial charge in [0.2, 0.25) is 0 Å². The first-order valence-corrected chi connectivity index (χ1v) is 8.84. The minimum Gasteiger partial charge on any atom is -0.381 e. The van der Waals surface area contributed by atoms with Crippen molar-refractivity contribution in [2.24, 2.45) is 0 Å². The maximum absolute atomic E-state index is 11.9. The number of nitrogens with one attached hydrogen (secondary N) is 1. The number of rotatable bonds is 5. The molecule has 21 heavy (non-hydrogen) atoms. The smallest absolute Gasteiger partial charge is 0.177 e. The molecule has 0 heterocycles. The summed E-state index contributed by atoms with van der Waals surface area (Å²) >= 11 is 0. The van der Waals surface area contributed by atoms with Gasteiger partial charge in [-0.3, -0.25) is 4.79 Å². The van der Waals surface area contributed by atoms with Crippen LogP contribution in [0.3, 0.4) is 0 Å². The highest BCUT2D eigenvalue weighted by molar-refractivity contribution is 7.90. The molecule has 2 rings (SSSR count). The van der Waals surface area contributed by atoms with Crippen molar-refractivity contribution in [2.45, 2.75) is 43.2 Å². The minimum absolute atomic E-state index is 0.0840. The van der Waals surface area contributed by atoms with Crippen LogP contribution in [0, 0.1) is 0 Å². The molecule has 2 atom stereocenters. The largest absolute Gasteiger partial charge is 0.381 e. The first-order valence-electron chi connectivity index (χ1n) is 6.95. The van der Waals surface area contributed by atoms with Gasteiger partial charge < -0.3 is 10.1 Å². The van der Waals surface area contributed by atoms with Crippen molar-refractivity contribution in [1.82, 2.24) is 0 Å². The highest BCUT2D eigenvalue weighted by Gasteiger charge is 2.26. The predicted molar refractivity (Wildman–Crippen MR) is 81.6 cm³/mol.